The minimum atomic E-state index is 0.316. The van der Waals surface area contributed by atoms with Crippen molar-refractivity contribution in [2.75, 3.05) is 11.9 Å². The monoisotopic (exact) mass is 335 g/mol. The zero-order valence-corrected chi connectivity index (χ0v) is 14.1. The lowest BCUT2D eigenvalue weighted by Gasteiger charge is -2.06. The third-order valence-corrected chi connectivity index (χ3v) is 5.45. The van der Waals surface area contributed by atoms with Crippen molar-refractivity contribution in [3.8, 4) is 0 Å². The lowest BCUT2D eigenvalue weighted by molar-refractivity contribution is 0.518. The highest BCUT2D eigenvalue weighted by Gasteiger charge is 2.17. The molecule has 0 fully saturated rings. The van der Waals surface area contributed by atoms with E-state index in [0.29, 0.717) is 24.2 Å². The fourth-order valence-corrected chi connectivity index (χ4v) is 3.96. The summed E-state index contributed by atoms with van der Waals surface area (Å²) in [5.74, 6) is 1.20. The predicted octanol–water partition coefficient (Wildman–Crippen LogP) is 4.53. The molecule has 0 saturated heterocycles. The molecule has 1 atom stereocenters. The number of aryl methyl sites for hydroxylation is 1. The Kier molecular flexibility index (Phi) is 4.38. The highest BCUT2D eigenvalue weighted by atomic mass is 35.5. The molecule has 3 N–H and O–H groups in total. The Hall–Kier alpha value is -1.56. The average Bonchev–Trinajstić information content (AvgIpc) is 3.13. The van der Waals surface area contributed by atoms with Crippen LogP contribution in [0.4, 0.5) is 5.69 Å². The zero-order valence-electron chi connectivity index (χ0n) is 12.5. The second-order valence-electron chi connectivity index (χ2n) is 5.33. The fourth-order valence-electron chi connectivity index (χ4n) is 2.47. The normalized spacial score (nSPS) is 12.7. The summed E-state index contributed by atoms with van der Waals surface area (Å²) in [5, 5.41) is 3.88. The third-order valence-electron chi connectivity index (χ3n) is 3.71. The Bertz CT molecular complexity index is 782. The van der Waals surface area contributed by atoms with Crippen LogP contribution in [0.15, 0.2) is 28.9 Å². The Balaban J connectivity index is 2.01. The van der Waals surface area contributed by atoms with Crippen LogP contribution < -0.4 is 11.1 Å². The summed E-state index contributed by atoms with van der Waals surface area (Å²) in [6.07, 6.45) is 1.67. The van der Waals surface area contributed by atoms with E-state index >= 15 is 0 Å². The largest absolute Gasteiger partial charge is 0.467 e. The van der Waals surface area contributed by atoms with Gasteiger partial charge in [-0.15, -0.1) is 11.3 Å². The Morgan fingerprint density at radius 2 is 2.32 bits per heavy atom. The molecule has 3 heterocycles. The molecule has 4 nitrogen and oxygen atoms in total. The van der Waals surface area contributed by atoms with E-state index < -0.39 is 0 Å². The van der Waals surface area contributed by atoms with Gasteiger partial charge in [-0.1, -0.05) is 18.5 Å². The molecule has 3 aromatic rings. The van der Waals surface area contributed by atoms with Crippen molar-refractivity contribution in [3.63, 3.8) is 0 Å². The van der Waals surface area contributed by atoms with Crippen LogP contribution >= 0.6 is 22.9 Å². The summed E-state index contributed by atoms with van der Waals surface area (Å²) in [6, 6.07) is 5.68. The van der Waals surface area contributed by atoms with Crippen LogP contribution in [0.2, 0.25) is 5.15 Å². The molecule has 0 aliphatic rings. The van der Waals surface area contributed by atoms with Crippen molar-refractivity contribution in [2.45, 2.75) is 26.3 Å². The number of nitrogens with zero attached hydrogens (tertiary/aromatic N) is 1. The quantitative estimate of drug-likeness (QED) is 0.672. The van der Waals surface area contributed by atoms with E-state index in [1.807, 2.05) is 18.2 Å². The van der Waals surface area contributed by atoms with E-state index in [4.69, 9.17) is 21.8 Å². The molecule has 0 amide bonds. The molecule has 0 aliphatic heterocycles. The smallest absolute Gasteiger partial charge is 0.131 e. The molecule has 0 bridgehead atoms. The van der Waals surface area contributed by atoms with Gasteiger partial charge in [0.25, 0.3) is 0 Å². The van der Waals surface area contributed by atoms with Crippen molar-refractivity contribution in [1.82, 2.24) is 4.98 Å². The third kappa shape index (κ3) is 2.84. The first-order valence-electron chi connectivity index (χ1n) is 7.16. The molecule has 0 spiro atoms. The number of furan rings is 1. The Morgan fingerprint density at radius 3 is 3.00 bits per heavy atom. The van der Waals surface area contributed by atoms with Gasteiger partial charge in [0.05, 0.1) is 28.7 Å². The minimum Gasteiger partial charge on any atom is -0.467 e. The highest BCUT2D eigenvalue weighted by Crippen LogP contribution is 2.39. The van der Waals surface area contributed by atoms with E-state index in [0.717, 1.165) is 21.7 Å². The number of aromatic nitrogens is 1. The molecule has 6 heteroatoms. The SMILES string of the molecule is Cc1c(C(C)CN)sc2c(NCc3ccco3)cc(Cl)nc12. The van der Waals surface area contributed by atoms with Crippen LogP contribution in [-0.4, -0.2) is 11.5 Å². The summed E-state index contributed by atoms with van der Waals surface area (Å²) in [7, 11) is 0. The van der Waals surface area contributed by atoms with Gasteiger partial charge in [-0.2, -0.15) is 0 Å². The molecule has 3 aromatic heterocycles. The van der Waals surface area contributed by atoms with Gasteiger partial charge in [-0.05, 0) is 31.2 Å². The van der Waals surface area contributed by atoms with Gasteiger partial charge >= 0.3 is 0 Å². The molecule has 116 valence electrons. The van der Waals surface area contributed by atoms with Gasteiger partial charge < -0.3 is 15.5 Å². The molecule has 1 unspecified atom stereocenters. The molecular formula is C16H18ClN3OS. The van der Waals surface area contributed by atoms with Crippen LogP contribution in [0.1, 0.15) is 29.0 Å². The molecule has 0 aromatic carbocycles. The van der Waals surface area contributed by atoms with Crippen molar-refractivity contribution < 1.29 is 4.42 Å². The minimum absolute atomic E-state index is 0.316. The maximum Gasteiger partial charge on any atom is 0.131 e. The average molecular weight is 336 g/mol. The molecule has 0 aliphatic carbocycles. The molecular weight excluding hydrogens is 318 g/mol. The van der Waals surface area contributed by atoms with Gasteiger partial charge in [0.15, 0.2) is 0 Å². The Morgan fingerprint density at radius 1 is 1.50 bits per heavy atom. The number of thiophene rings is 1. The van der Waals surface area contributed by atoms with Gasteiger partial charge in [-0.25, -0.2) is 4.98 Å². The topological polar surface area (TPSA) is 64.1 Å². The van der Waals surface area contributed by atoms with Gasteiger partial charge in [0, 0.05) is 16.9 Å². The first kappa shape index (κ1) is 15.3. The number of nitrogens with one attached hydrogen (secondary N) is 1. The number of nitrogens with two attached hydrogens (primary N) is 1. The van der Waals surface area contributed by atoms with E-state index in [1.54, 1.807) is 17.6 Å². The second kappa shape index (κ2) is 6.28. The van der Waals surface area contributed by atoms with Crippen molar-refractivity contribution >= 4 is 38.8 Å². The summed E-state index contributed by atoms with van der Waals surface area (Å²) in [6.45, 7) is 5.45. The van der Waals surface area contributed by atoms with Crippen molar-refractivity contribution in [1.29, 1.82) is 0 Å². The van der Waals surface area contributed by atoms with Crippen LogP contribution in [0.5, 0.6) is 0 Å². The molecule has 22 heavy (non-hydrogen) atoms. The first-order chi connectivity index (χ1) is 10.6. The van der Waals surface area contributed by atoms with Crippen LogP contribution in [0, 0.1) is 6.92 Å². The lowest BCUT2D eigenvalue weighted by Crippen LogP contribution is -2.08. The zero-order chi connectivity index (χ0) is 15.7. The number of pyridine rings is 1. The maximum absolute atomic E-state index is 6.18. The summed E-state index contributed by atoms with van der Waals surface area (Å²) in [4.78, 5) is 5.76. The number of rotatable bonds is 5. The van der Waals surface area contributed by atoms with E-state index in [9.17, 15) is 0 Å². The number of halogens is 1. The van der Waals surface area contributed by atoms with Gasteiger partial charge in [0.1, 0.15) is 10.9 Å². The van der Waals surface area contributed by atoms with Crippen molar-refractivity contribution in [2.24, 2.45) is 5.73 Å². The predicted molar refractivity (Wildman–Crippen MR) is 92.9 cm³/mol. The number of hydrogen-bond donors (Lipinski definition) is 2. The van der Waals surface area contributed by atoms with Crippen LogP contribution in [0.3, 0.4) is 0 Å². The van der Waals surface area contributed by atoms with E-state index in [2.05, 4.69) is 24.1 Å². The summed E-state index contributed by atoms with van der Waals surface area (Å²) in [5.41, 5.74) is 8.92. The van der Waals surface area contributed by atoms with Gasteiger partial charge in [-0.3, -0.25) is 0 Å². The molecule has 0 saturated carbocycles. The van der Waals surface area contributed by atoms with Crippen molar-refractivity contribution in [3.05, 3.63) is 45.8 Å². The highest BCUT2D eigenvalue weighted by molar-refractivity contribution is 7.20. The van der Waals surface area contributed by atoms with E-state index in [1.165, 1.54) is 10.4 Å². The van der Waals surface area contributed by atoms with Crippen LogP contribution in [-0.2, 0) is 6.54 Å². The van der Waals surface area contributed by atoms with Crippen LogP contribution in [0.25, 0.3) is 10.2 Å². The standard InChI is InChI=1S/C16H18ClN3OS/c1-9(7-18)15-10(2)14-16(22-15)12(6-13(17)20-14)19-8-11-4-3-5-21-11/h3-6,9H,7-8,18H2,1-2H3,(H,19,20). The summed E-state index contributed by atoms with van der Waals surface area (Å²) < 4.78 is 6.47. The maximum atomic E-state index is 6.18. The number of anilines is 1. The first-order valence-corrected chi connectivity index (χ1v) is 8.35. The Labute approximate surface area is 138 Å². The van der Waals surface area contributed by atoms with E-state index in [-0.39, 0.29) is 0 Å². The second-order valence-corrected chi connectivity index (χ2v) is 6.77. The number of fused-ring (bicyclic) bond motifs is 1. The number of hydrogen-bond acceptors (Lipinski definition) is 5. The fraction of sp³-hybridized carbons (Fsp3) is 0.312. The molecule has 3 rings (SSSR count). The molecule has 0 radical (unpaired) electrons. The van der Waals surface area contributed by atoms with Gasteiger partial charge in [0.2, 0.25) is 0 Å². The lowest BCUT2D eigenvalue weighted by atomic mass is 10.1. The summed E-state index contributed by atoms with van der Waals surface area (Å²) >= 11 is 7.92.